The van der Waals surface area contributed by atoms with Gasteiger partial charge >= 0.3 is 0 Å². The van der Waals surface area contributed by atoms with Crippen LogP contribution in [0, 0.1) is 18.8 Å². The van der Waals surface area contributed by atoms with E-state index in [-0.39, 0.29) is 17.3 Å². The van der Waals surface area contributed by atoms with Crippen molar-refractivity contribution in [1.29, 1.82) is 0 Å². The Morgan fingerprint density at radius 2 is 1.90 bits per heavy atom. The molecule has 0 saturated carbocycles. The number of rotatable bonds is 4. The lowest BCUT2D eigenvalue weighted by Crippen LogP contribution is -2.28. The normalized spacial score (nSPS) is 11.9. The molecule has 39 heavy (non-hydrogen) atoms. The van der Waals surface area contributed by atoms with Crippen LogP contribution in [0.25, 0.3) is 22.6 Å². The molecule has 1 unspecified atom stereocenters. The van der Waals surface area contributed by atoms with E-state index in [0.29, 0.717) is 11.3 Å². The molecule has 10 nitrogen and oxygen atoms in total. The summed E-state index contributed by atoms with van der Waals surface area (Å²) in [5.41, 5.74) is 12.5. The van der Waals surface area contributed by atoms with Gasteiger partial charge in [0.25, 0.3) is 5.91 Å². The van der Waals surface area contributed by atoms with E-state index >= 15 is 0 Å². The monoisotopic (exact) mass is 515 g/mol. The minimum atomic E-state index is -0.466. The van der Waals surface area contributed by atoms with Gasteiger partial charge in [0.2, 0.25) is 0 Å². The number of aromatic nitrogens is 7. The van der Waals surface area contributed by atoms with Gasteiger partial charge in [-0.05, 0) is 38.0 Å². The van der Waals surface area contributed by atoms with Crippen molar-refractivity contribution >= 4 is 23.0 Å². The summed E-state index contributed by atoms with van der Waals surface area (Å²) in [5.74, 6) is 6.29. The van der Waals surface area contributed by atoms with Crippen LogP contribution in [-0.4, -0.2) is 39.7 Å². The Balaban J connectivity index is 1.46. The maximum absolute atomic E-state index is 13.4. The number of pyridine rings is 1. The van der Waals surface area contributed by atoms with Crippen molar-refractivity contribution in [2.24, 2.45) is 7.05 Å². The van der Waals surface area contributed by atoms with Crippen molar-refractivity contribution in [2.75, 3.05) is 5.73 Å². The van der Waals surface area contributed by atoms with Crippen molar-refractivity contribution in [3.8, 4) is 23.1 Å². The highest BCUT2D eigenvalue weighted by atomic mass is 16.1. The predicted octanol–water partition coefficient (Wildman–Crippen LogP) is 3.56. The minimum absolute atomic E-state index is 0.111. The third-order valence-electron chi connectivity index (χ3n) is 6.69. The second kappa shape index (κ2) is 9.46. The summed E-state index contributed by atoms with van der Waals surface area (Å²) in [7, 11) is 1.89. The number of fused-ring (bicyclic) bond motifs is 2. The minimum Gasteiger partial charge on any atom is -0.381 e. The van der Waals surface area contributed by atoms with Crippen LogP contribution in [0.4, 0.5) is 5.82 Å². The van der Waals surface area contributed by atoms with Gasteiger partial charge in [-0.2, -0.15) is 5.10 Å². The molecule has 6 rings (SSSR count). The molecule has 3 N–H and O–H groups in total. The first kappa shape index (κ1) is 23.9. The number of carbonyl (C=O) groups is 1. The molecule has 0 saturated heterocycles. The first-order valence-electron chi connectivity index (χ1n) is 12.4. The Morgan fingerprint density at radius 3 is 2.67 bits per heavy atom. The molecule has 0 bridgehead atoms. The number of amides is 1. The summed E-state index contributed by atoms with van der Waals surface area (Å²) in [5, 5.41) is 11.6. The van der Waals surface area contributed by atoms with E-state index in [9.17, 15) is 4.79 Å². The van der Waals surface area contributed by atoms with E-state index in [0.717, 1.165) is 33.9 Å². The van der Waals surface area contributed by atoms with Crippen molar-refractivity contribution < 1.29 is 4.79 Å². The van der Waals surface area contributed by atoms with Crippen molar-refractivity contribution in [3.63, 3.8) is 0 Å². The van der Waals surface area contributed by atoms with E-state index in [1.54, 1.807) is 29.3 Å². The molecule has 10 heteroatoms. The summed E-state index contributed by atoms with van der Waals surface area (Å²) in [6, 6.07) is 17.0. The number of nitrogens with two attached hydrogens (primary N) is 1. The molecular weight excluding hydrogens is 490 g/mol. The lowest BCUT2D eigenvalue weighted by atomic mass is 10.1. The molecule has 5 aromatic heterocycles. The number of nitrogens with one attached hydrogen (secondary N) is 1. The van der Waals surface area contributed by atoms with Gasteiger partial charge in [-0.3, -0.25) is 13.9 Å². The summed E-state index contributed by atoms with van der Waals surface area (Å²) in [6.07, 6.45) is 5.06. The highest BCUT2D eigenvalue weighted by Crippen LogP contribution is 2.31. The Hall–Kier alpha value is -5.43. The molecule has 0 radical (unpaired) electrons. The van der Waals surface area contributed by atoms with E-state index in [4.69, 9.17) is 10.7 Å². The zero-order valence-corrected chi connectivity index (χ0v) is 21.6. The highest BCUT2D eigenvalue weighted by Gasteiger charge is 2.25. The molecule has 0 fully saturated rings. The van der Waals surface area contributed by atoms with Crippen molar-refractivity contribution in [3.05, 3.63) is 101 Å². The predicted molar refractivity (Wildman–Crippen MR) is 148 cm³/mol. The molecule has 1 atom stereocenters. The maximum Gasteiger partial charge on any atom is 0.259 e. The average molecular weight is 516 g/mol. The van der Waals surface area contributed by atoms with Gasteiger partial charge in [0, 0.05) is 25.0 Å². The quantitative estimate of drug-likeness (QED) is 0.347. The summed E-state index contributed by atoms with van der Waals surface area (Å²) < 4.78 is 5.31. The summed E-state index contributed by atoms with van der Waals surface area (Å²) in [4.78, 5) is 22.6. The fourth-order valence-corrected chi connectivity index (χ4v) is 4.60. The lowest BCUT2D eigenvalue weighted by Gasteiger charge is -2.14. The van der Waals surface area contributed by atoms with Gasteiger partial charge in [0.15, 0.2) is 11.5 Å². The van der Waals surface area contributed by atoms with Crippen molar-refractivity contribution in [2.45, 2.75) is 19.9 Å². The van der Waals surface area contributed by atoms with E-state index < -0.39 is 6.04 Å². The van der Waals surface area contributed by atoms with Gasteiger partial charge in [-0.15, -0.1) is 5.10 Å². The van der Waals surface area contributed by atoms with Crippen LogP contribution in [0.2, 0.25) is 0 Å². The van der Waals surface area contributed by atoms with Crippen LogP contribution in [0.5, 0.6) is 0 Å². The summed E-state index contributed by atoms with van der Waals surface area (Å²) in [6.45, 7) is 3.88. The van der Waals surface area contributed by atoms with Gasteiger partial charge in [-0.1, -0.05) is 42.3 Å². The second-order valence-electron chi connectivity index (χ2n) is 9.18. The van der Waals surface area contributed by atoms with Gasteiger partial charge in [0.1, 0.15) is 11.2 Å². The van der Waals surface area contributed by atoms with Crippen LogP contribution in [0.3, 0.4) is 0 Å². The largest absolute Gasteiger partial charge is 0.381 e. The smallest absolute Gasteiger partial charge is 0.259 e. The lowest BCUT2D eigenvalue weighted by molar-refractivity contribution is 0.0941. The first-order chi connectivity index (χ1) is 18.9. The Labute approximate surface area is 224 Å². The molecule has 0 aliphatic carbocycles. The summed E-state index contributed by atoms with van der Waals surface area (Å²) >= 11 is 0. The third kappa shape index (κ3) is 4.16. The fourth-order valence-electron chi connectivity index (χ4n) is 4.60. The van der Waals surface area contributed by atoms with Gasteiger partial charge < -0.3 is 11.1 Å². The van der Waals surface area contributed by atoms with Crippen LogP contribution in [-0.2, 0) is 7.05 Å². The molecule has 0 spiro atoms. The van der Waals surface area contributed by atoms with E-state index in [1.807, 2.05) is 73.8 Å². The van der Waals surface area contributed by atoms with Crippen molar-refractivity contribution in [1.82, 2.24) is 39.1 Å². The standard InChI is InChI=1S/C29H25N9O/c1-18(33-29(39)24-27(30)35-37-16-8-15-31-28(24)37)25-26(20-9-5-4-6-10-20)38-22(11-7-12-23(38)34-25)14-13-21-17-32-36(3)19(21)2/h4-12,15-18H,1-3H3,(H2,30,35)(H,33,39). The molecular formula is C29H25N9O. The number of anilines is 1. The molecule has 0 aliphatic heterocycles. The number of hydrogen-bond donors (Lipinski definition) is 2. The number of nitrogens with zero attached hydrogens (tertiary/aromatic N) is 7. The van der Waals surface area contributed by atoms with Crippen LogP contribution in [0.15, 0.2) is 73.2 Å². The van der Waals surface area contributed by atoms with Gasteiger partial charge in [0.05, 0.1) is 40.6 Å². The molecule has 5 heterocycles. The van der Waals surface area contributed by atoms with E-state index in [1.165, 1.54) is 4.52 Å². The van der Waals surface area contributed by atoms with Gasteiger partial charge in [-0.25, -0.2) is 14.5 Å². The maximum atomic E-state index is 13.4. The number of imidazole rings is 1. The molecule has 6 aromatic rings. The number of benzene rings is 1. The Bertz CT molecular complexity index is 1920. The van der Waals surface area contributed by atoms with Crippen LogP contribution < -0.4 is 11.1 Å². The Morgan fingerprint density at radius 1 is 1.08 bits per heavy atom. The van der Waals surface area contributed by atoms with Crippen LogP contribution >= 0.6 is 0 Å². The molecule has 0 aliphatic rings. The molecule has 1 amide bonds. The van der Waals surface area contributed by atoms with Crippen LogP contribution in [0.1, 0.15) is 46.0 Å². The number of nitrogen functional groups attached to an aromatic ring is 1. The zero-order valence-electron chi connectivity index (χ0n) is 21.6. The second-order valence-corrected chi connectivity index (χ2v) is 9.18. The topological polar surface area (TPSA) is 120 Å². The SMILES string of the molecule is Cc1c(C#Cc2cccc3nc(C(C)NC(=O)c4c(N)nn5cccnc45)c(-c4ccccc4)n23)cnn1C. The highest BCUT2D eigenvalue weighted by molar-refractivity contribution is 6.04. The Kier molecular flexibility index (Phi) is 5.81. The average Bonchev–Trinajstić information content (AvgIpc) is 3.60. The van der Waals surface area contributed by atoms with E-state index in [2.05, 4.69) is 32.3 Å². The zero-order chi connectivity index (χ0) is 27.1. The molecule has 1 aromatic carbocycles. The first-order valence-corrected chi connectivity index (χ1v) is 12.4. The number of aryl methyl sites for hydroxylation is 1. The number of hydrogen-bond acceptors (Lipinski definition) is 6. The number of carbonyl (C=O) groups excluding carboxylic acids is 1. The fraction of sp³-hybridized carbons (Fsp3) is 0.138. The molecule has 192 valence electrons. The third-order valence-corrected chi connectivity index (χ3v) is 6.69.